The summed E-state index contributed by atoms with van der Waals surface area (Å²) in [4.78, 5) is 32.6. The van der Waals surface area contributed by atoms with Gasteiger partial charge >= 0.3 is 6.09 Å². The van der Waals surface area contributed by atoms with Crippen molar-refractivity contribution < 1.29 is 14.6 Å². The quantitative estimate of drug-likeness (QED) is 0.861. The first-order chi connectivity index (χ1) is 12.0. The van der Waals surface area contributed by atoms with Gasteiger partial charge in [0.05, 0.1) is 6.20 Å². The Bertz CT molecular complexity index is 852. The third-order valence-electron chi connectivity index (χ3n) is 5.45. The number of ether oxygens (including phenoxy) is 1. The third-order valence-corrected chi connectivity index (χ3v) is 5.45. The Kier molecular flexibility index (Phi) is 3.99. The molecule has 4 heterocycles. The highest BCUT2D eigenvalue weighted by Crippen LogP contribution is 2.32. The zero-order chi connectivity index (χ0) is 17.6. The molecule has 1 amide bonds. The molecule has 0 spiro atoms. The molecule has 0 aliphatic carbocycles. The standard InChI is InChI=1S/C17H22N4O4/c1-10-7-20(17(23)24)8-12(10)13-9-21-14(16(22)19-13)6-18-15(21)11-2-4-25-5-3-11/h6,9-12H,2-5,7-8H2,1H3,(H,19,22)(H,23,24)/t10-,12-/m1/s1. The predicted octanol–water partition coefficient (Wildman–Crippen LogP) is 1.63. The Morgan fingerprint density at radius 3 is 2.80 bits per heavy atom. The van der Waals surface area contributed by atoms with Gasteiger partial charge < -0.3 is 19.7 Å². The molecular formula is C17H22N4O4. The number of hydrogen-bond donors (Lipinski definition) is 2. The van der Waals surface area contributed by atoms with E-state index in [-0.39, 0.29) is 23.3 Å². The van der Waals surface area contributed by atoms with Gasteiger partial charge in [0.2, 0.25) is 0 Å². The molecule has 0 radical (unpaired) electrons. The highest BCUT2D eigenvalue weighted by atomic mass is 16.5. The van der Waals surface area contributed by atoms with Gasteiger partial charge in [-0.05, 0) is 18.8 Å². The van der Waals surface area contributed by atoms with Crippen molar-refractivity contribution in [1.82, 2.24) is 19.3 Å². The average Bonchev–Trinajstić information content (AvgIpc) is 3.19. The Labute approximate surface area is 144 Å². The van der Waals surface area contributed by atoms with E-state index in [4.69, 9.17) is 4.74 Å². The molecule has 2 fully saturated rings. The van der Waals surface area contributed by atoms with Crippen LogP contribution in [0.15, 0.2) is 17.2 Å². The van der Waals surface area contributed by atoms with E-state index in [1.165, 1.54) is 4.90 Å². The van der Waals surface area contributed by atoms with Crippen LogP contribution in [-0.4, -0.2) is 56.8 Å². The second-order valence-corrected chi connectivity index (χ2v) is 7.07. The molecule has 4 rings (SSSR count). The summed E-state index contributed by atoms with van der Waals surface area (Å²) in [6, 6.07) is 0. The fraction of sp³-hybridized carbons (Fsp3) is 0.588. The maximum atomic E-state index is 12.5. The second kappa shape index (κ2) is 6.18. The number of H-pyrrole nitrogens is 1. The highest BCUT2D eigenvalue weighted by Gasteiger charge is 2.34. The van der Waals surface area contributed by atoms with Crippen LogP contribution in [0.2, 0.25) is 0 Å². The molecular weight excluding hydrogens is 324 g/mol. The summed E-state index contributed by atoms with van der Waals surface area (Å²) in [5, 5.41) is 9.23. The van der Waals surface area contributed by atoms with Crippen molar-refractivity contribution in [3.8, 4) is 0 Å². The third kappa shape index (κ3) is 2.80. The van der Waals surface area contributed by atoms with E-state index in [1.807, 2.05) is 17.5 Å². The van der Waals surface area contributed by atoms with E-state index in [1.54, 1.807) is 6.20 Å². The van der Waals surface area contributed by atoms with Crippen LogP contribution in [0.5, 0.6) is 0 Å². The zero-order valence-corrected chi connectivity index (χ0v) is 14.1. The molecule has 2 saturated heterocycles. The lowest BCUT2D eigenvalue weighted by Gasteiger charge is -2.21. The van der Waals surface area contributed by atoms with Gasteiger partial charge in [0.15, 0.2) is 0 Å². The minimum Gasteiger partial charge on any atom is -0.465 e. The number of aromatic amines is 1. The first-order valence-electron chi connectivity index (χ1n) is 8.70. The van der Waals surface area contributed by atoms with Crippen molar-refractivity contribution in [2.24, 2.45) is 5.92 Å². The van der Waals surface area contributed by atoms with Crippen LogP contribution in [0.25, 0.3) is 5.52 Å². The summed E-state index contributed by atoms with van der Waals surface area (Å²) in [5.41, 5.74) is 1.13. The van der Waals surface area contributed by atoms with Gasteiger partial charge in [0, 0.05) is 50.0 Å². The SMILES string of the molecule is C[C@@H]1CN(C(=O)O)C[C@H]1c1cn2c(C3CCOCC3)ncc2c(=O)[nH]1. The van der Waals surface area contributed by atoms with Crippen LogP contribution in [0.3, 0.4) is 0 Å². The molecule has 8 nitrogen and oxygen atoms in total. The smallest absolute Gasteiger partial charge is 0.407 e. The topological polar surface area (TPSA) is 99.9 Å². The fourth-order valence-electron chi connectivity index (χ4n) is 4.02. The molecule has 2 aromatic heterocycles. The van der Waals surface area contributed by atoms with Crippen LogP contribution in [0.4, 0.5) is 4.79 Å². The van der Waals surface area contributed by atoms with Crippen molar-refractivity contribution in [2.45, 2.75) is 31.6 Å². The predicted molar refractivity (Wildman–Crippen MR) is 90.1 cm³/mol. The molecule has 0 bridgehead atoms. The van der Waals surface area contributed by atoms with E-state index in [9.17, 15) is 14.7 Å². The summed E-state index contributed by atoms with van der Waals surface area (Å²) < 4.78 is 7.31. The van der Waals surface area contributed by atoms with Crippen LogP contribution in [0, 0.1) is 5.92 Å². The zero-order valence-electron chi connectivity index (χ0n) is 14.1. The molecule has 134 valence electrons. The Morgan fingerprint density at radius 2 is 2.12 bits per heavy atom. The number of amides is 1. The first-order valence-corrected chi connectivity index (χ1v) is 8.70. The summed E-state index contributed by atoms with van der Waals surface area (Å²) in [5.74, 6) is 1.31. The van der Waals surface area contributed by atoms with Crippen molar-refractivity contribution in [2.75, 3.05) is 26.3 Å². The number of nitrogens with one attached hydrogen (secondary N) is 1. The highest BCUT2D eigenvalue weighted by molar-refractivity contribution is 5.65. The van der Waals surface area contributed by atoms with Gasteiger partial charge in [0.25, 0.3) is 5.56 Å². The van der Waals surface area contributed by atoms with Gasteiger partial charge in [-0.2, -0.15) is 0 Å². The number of likely N-dealkylation sites (tertiary alicyclic amines) is 1. The maximum absolute atomic E-state index is 12.5. The van der Waals surface area contributed by atoms with E-state index in [0.29, 0.717) is 31.8 Å². The van der Waals surface area contributed by atoms with Gasteiger partial charge in [-0.25, -0.2) is 9.78 Å². The van der Waals surface area contributed by atoms with Crippen molar-refractivity contribution in [3.63, 3.8) is 0 Å². The minimum atomic E-state index is -0.914. The van der Waals surface area contributed by atoms with Crippen LogP contribution in [-0.2, 0) is 4.74 Å². The number of nitrogens with zero attached hydrogens (tertiary/aromatic N) is 3. The van der Waals surface area contributed by atoms with Crippen LogP contribution in [0.1, 0.15) is 43.1 Å². The summed E-state index contributed by atoms with van der Waals surface area (Å²) in [6.45, 7) is 4.32. The van der Waals surface area contributed by atoms with Crippen molar-refractivity contribution in [3.05, 3.63) is 34.3 Å². The Balaban J connectivity index is 1.73. The summed E-state index contributed by atoms with van der Waals surface area (Å²) in [7, 11) is 0. The number of carboxylic acid groups (broad SMARTS) is 1. The van der Waals surface area contributed by atoms with Crippen LogP contribution >= 0.6 is 0 Å². The molecule has 2 atom stereocenters. The molecule has 2 N–H and O–H groups in total. The Morgan fingerprint density at radius 1 is 1.36 bits per heavy atom. The first kappa shape index (κ1) is 16.1. The van der Waals surface area contributed by atoms with Gasteiger partial charge in [0.1, 0.15) is 11.3 Å². The maximum Gasteiger partial charge on any atom is 0.407 e. The number of fused-ring (bicyclic) bond motifs is 1. The van der Waals surface area contributed by atoms with Gasteiger partial charge in [-0.15, -0.1) is 0 Å². The molecule has 2 aliphatic heterocycles. The number of aromatic nitrogens is 3. The van der Waals surface area contributed by atoms with Crippen LogP contribution < -0.4 is 5.56 Å². The molecule has 0 unspecified atom stereocenters. The molecule has 0 saturated carbocycles. The molecule has 2 aromatic rings. The lowest BCUT2D eigenvalue weighted by atomic mass is 9.95. The molecule has 0 aromatic carbocycles. The number of imidazole rings is 1. The van der Waals surface area contributed by atoms with Gasteiger partial charge in [-0.1, -0.05) is 6.92 Å². The second-order valence-electron chi connectivity index (χ2n) is 7.07. The minimum absolute atomic E-state index is 0.0156. The average molecular weight is 346 g/mol. The Hall–Kier alpha value is -2.35. The summed E-state index contributed by atoms with van der Waals surface area (Å²) >= 11 is 0. The largest absolute Gasteiger partial charge is 0.465 e. The van der Waals surface area contributed by atoms with E-state index >= 15 is 0 Å². The number of carbonyl (C=O) groups is 1. The lowest BCUT2D eigenvalue weighted by molar-refractivity contribution is 0.0835. The van der Waals surface area contributed by atoms with Gasteiger partial charge in [-0.3, -0.25) is 9.20 Å². The number of hydrogen-bond acceptors (Lipinski definition) is 4. The monoisotopic (exact) mass is 346 g/mol. The fourth-order valence-corrected chi connectivity index (χ4v) is 4.02. The van der Waals surface area contributed by atoms with Crippen molar-refractivity contribution >= 4 is 11.6 Å². The van der Waals surface area contributed by atoms with E-state index in [0.717, 1.165) is 24.4 Å². The van der Waals surface area contributed by atoms with Crippen molar-refractivity contribution in [1.29, 1.82) is 0 Å². The van der Waals surface area contributed by atoms with E-state index < -0.39 is 6.09 Å². The molecule has 8 heteroatoms. The molecule has 2 aliphatic rings. The lowest BCUT2D eigenvalue weighted by Crippen LogP contribution is -2.27. The number of rotatable bonds is 2. The normalized spacial score (nSPS) is 24.9. The van der Waals surface area contributed by atoms with E-state index in [2.05, 4.69) is 9.97 Å². The molecule has 25 heavy (non-hydrogen) atoms. The summed E-state index contributed by atoms with van der Waals surface area (Å²) in [6.07, 6.45) is 4.43.